The third kappa shape index (κ3) is 2.19. The Kier molecular flexibility index (Phi) is 3.04. The molecule has 80 valence electrons. The summed E-state index contributed by atoms with van der Waals surface area (Å²) in [7, 11) is 0. The largest absolute Gasteiger partial charge is 0.382 e. The number of aromatic nitrogens is 1. The van der Waals surface area contributed by atoms with Gasteiger partial charge in [-0.25, -0.2) is 5.01 Å². The van der Waals surface area contributed by atoms with E-state index < -0.39 is 0 Å². The van der Waals surface area contributed by atoms with Crippen molar-refractivity contribution in [3.05, 3.63) is 5.56 Å². The zero-order valence-corrected chi connectivity index (χ0v) is 9.18. The van der Waals surface area contributed by atoms with E-state index in [0.717, 1.165) is 18.1 Å². The van der Waals surface area contributed by atoms with Gasteiger partial charge in [-0.2, -0.15) is 9.64 Å². The number of hydrazine groups is 1. The van der Waals surface area contributed by atoms with Crippen molar-refractivity contribution in [3.63, 3.8) is 0 Å². The lowest BCUT2D eigenvalue weighted by Gasteiger charge is -2.26. The molecule has 1 aliphatic heterocycles. The second kappa shape index (κ2) is 4.47. The minimum absolute atomic E-state index is 0.321. The minimum atomic E-state index is 0.321. The van der Waals surface area contributed by atoms with E-state index in [2.05, 4.69) is 20.9 Å². The molecule has 0 atom stereocenters. The molecule has 0 aliphatic carbocycles. The van der Waals surface area contributed by atoms with Crippen molar-refractivity contribution in [1.29, 1.82) is 5.26 Å². The van der Waals surface area contributed by atoms with E-state index in [9.17, 15) is 0 Å². The Morgan fingerprint density at radius 1 is 1.40 bits per heavy atom. The van der Waals surface area contributed by atoms with Crippen molar-refractivity contribution >= 4 is 22.4 Å². The molecule has 6 heteroatoms. The Morgan fingerprint density at radius 2 is 2.13 bits per heavy atom. The molecule has 1 aromatic rings. The average molecular weight is 223 g/mol. The quantitative estimate of drug-likeness (QED) is 0.792. The summed E-state index contributed by atoms with van der Waals surface area (Å²) in [6, 6.07) is 2.07. The van der Waals surface area contributed by atoms with E-state index >= 15 is 0 Å². The predicted molar refractivity (Wildman–Crippen MR) is 60.3 cm³/mol. The van der Waals surface area contributed by atoms with Crippen molar-refractivity contribution < 1.29 is 0 Å². The predicted octanol–water partition coefficient (Wildman–Crippen LogP) is 1.41. The van der Waals surface area contributed by atoms with E-state index in [-0.39, 0.29) is 0 Å². The van der Waals surface area contributed by atoms with Gasteiger partial charge in [0.05, 0.1) is 0 Å². The molecule has 1 aliphatic rings. The van der Waals surface area contributed by atoms with Crippen LogP contribution in [0, 0.1) is 11.3 Å². The lowest BCUT2D eigenvalue weighted by Crippen LogP contribution is -2.34. The van der Waals surface area contributed by atoms with Gasteiger partial charge in [-0.15, -0.1) is 0 Å². The van der Waals surface area contributed by atoms with Crippen molar-refractivity contribution in [2.75, 3.05) is 24.2 Å². The number of nitrogens with zero attached hydrogens (tertiary/aromatic N) is 3. The summed E-state index contributed by atoms with van der Waals surface area (Å²) in [5, 5.41) is 11.8. The van der Waals surface area contributed by atoms with E-state index in [1.54, 1.807) is 0 Å². The molecule has 0 radical (unpaired) electrons. The second-order valence-corrected chi connectivity index (χ2v) is 4.32. The van der Waals surface area contributed by atoms with Gasteiger partial charge in [0.1, 0.15) is 16.6 Å². The third-order valence-electron chi connectivity index (χ3n) is 2.45. The van der Waals surface area contributed by atoms with Crippen LogP contribution in [-0.2, 0) is 0 Å². The van der Waals surface area contributed by atoms with Gasteiger partial charge in [0.25, 0.3) is 0 Å². The van der Waals surface area contributed by atoms with Crippen molar-refractivity contribution in [1.82, 2.24) is 9.38 Å². The molecule has 0 aromatic carbocycles. The Hall–Kier alpha value is -1.32. The molecule has 0 amide bonds. The molecule has 5 nitrogen and oxygen atoms in total. The molecule has 15 heavy (non-hydrogen) atoms. The second-order valence-electron chi connectivity index (χ2n) is 3.54. The number of nitrogens with two attached hydrogens (primary N) is 1. The van der Waals surface area contributed by atoms with Crippen LogP contribution < -0.4 is 11.2 Å². The molecular formula is C9H13N5S. The fraction of sp³-hybridized carbons (Fsp3) is 0.556. The van der Waals surface area contributed by atoms with Gasteiger partial charge < -0.3 is 11.2 Å². The SMILES string of the molecule is N#Cc1c(N)nsc1NN1CCCCC1. The zero-order chi connectivity index (χ0) is 10.7. The lowest BCUT2D eigenvalue weighted by atomic mass is 10.2. The Morgan fingerprint density at radius 3 is 2.80 bits per heavy atom. The van der Waals surface area contributed by atoms with Gasteiger partial charge in [0, 0.05) is 13.1 Å². The molecule has 2 heterocycles. The van der Waals surface area contributed by atoms with E-state index in [4.69, 9.17) is 11.0 Å². The number of nitrogen functional groups attached to an aromatic ring is 1. The molecule has 1 aromatic heterocycles. The molecular weight excluding hydrogens is 210 g/mol. The standard InChI is InChI=1S/C9H13N5S/c10-6-7-8(11)13-15-9(7)12-14-4-2-1-3-5-14/h12H,1-5H2,(H2,11,13). The smallest absolute Gasteiger partial charge is 0.157 e. The molecule has 3 N–H and O–H groups in total. The van der Waals surface area contributed by atoms with Crippen LogP contribution >= 0.6 is 11.5 Å². The maximum Gasteiger partial charge on any atom is 0.157 e. The van der Waals surface area contributed by atoms with Crippen LogP contribution in [0.15, 0.2) is 0 Å². The zero-order valence-electron chi connectivity index (χ0n) is 8.36. The molecule has 0 unspecified atom stereocenters. The van der Waals surface area contributed by atoms with Gasteiger partial charge in [-0.3, -0.25) is 0 Å². The molecule has 0 saturated carbocycles. The first-order valence-electron chi connectivity index (χ1n) is 4.98. The summed E-state index contributed by atoms with van der Waals surface area (Å²) in [5.74, 6) is 0.321. The first kappa shape index (κ1) is 10.2. The van der Waals surface area contributed by atoms with Crippen LogP contribution in [0.2, 0.25) is 0 Å². The van der Waals surface area contributed by atoms with E-state index in [1.807, 2.05) is 0 Å². The first-order valence-corrected chi connectivity index (χ1v) is 5.75. The normalized spacial score (nSPS) is 17.3. The van der Waals surface area contributed by atoms with Crippen molar-refractivity contribution in [3.8, 4) is 6.07 Å². The number of rotatable bonds is 2. The highest BCUT2D eigenvalue weighted by molar-refractivity contribution is 7.10. The van der Waals surface area contributed by atoms with Crippen LogP contribution in [0.25, 0.3) is 0 Å². The monoisotopic (exact) mass is 223 g/mol. The average Bonchev–Trinajstić information content (AvgIpc) is 2.61. The highest BCUT2D eigenvalue weighted by Crippen LogP contribution is 2.26. The number of hydrogen-bond acceptors (Lipinski definition) is 6. The molecule has 1 saturated heterocycles. The van der Waals surface area contributed by atoms with Gasteiger partial charge in [0.15, 0.2) is 5.82 Å². The van der Waals surface area contributed by atoms with E-state index in [0.29, 0.717) is 11.4 Å². The summed E-state index contributed by atoms with van der Waals surface area (Å²) < 4.78 is 3.96. The topological polar surface area (TPSA) is 78.0 Å². The fourth-order valence-corrected chi connectivity index (χ4v) is 2.33. The number of nitriles is 1. The minimum Gasteiger partial charge on any atom is -0.382 e. The maximum absolute atomic E-state index is 8.90. The van der Waals surface area contributed by atoms with Crippen LogP contribution in [-0.4, -0.2) is 22.5 Å². The van der Waals surface area contributed by atoms with Crippen LogP contribution in [0.5, 0.6) is 0 Å². The van der Waals surface area contributed by atoms with E-state index in [1.165, 1.54) is 30.8 Å². The van der Waals surface area contributed by atoms with Crippen LogP contribution in [0.3, 0.4) is 0 Å². The number of nitrogens with one attached hydrogen (secondary N) is 1. The third-order valence-corrected chi connectivity index (χ3v) is 3.21. The van der Waals surface area contributed by atoms with Crippen LogP contribution in [0.4, 0.5) is 10.8 Å². The Bertz CT molecular complexity index is 374. The summed E-state index contributed by atoms with van der Waals surface area (Å²) in [6.45, 7) is 2.03. The fourth-order valence-electron chi connectivity index (χ4n) is 1.64. The van der Waals surface area contributed by atoms with Gasteiger partial charge in [0.2, 0.25) is 0 Å². The summed E-state index contributed by atoms with van der Waals surface area (Å²) in [6.07, 6.45) is 3.68. The molecule has 0 spiro atoms. The highest BCUT2D eigenvalue weighted by atomic mass is 32.1. The van der Waals surface area contributed by atoms with Gasteiger partial charge >= 0.3 is 0 Å². The van der Waals surface area contributed by atoms with Crippen molar-refractivity contribution in [2.45, 2.75) is 19.3 Å². The van der Waals surface area contributed by atoms with Crippen LogP contribution in [0.1, 0.15) is 24.8 Å². The lowest BCUT2D eigenvalue weighted by molar-refractivity contribution is 0.274. The first-order chi connectivity index (χ1) is 7.31. The number of anilines is 2. The number of piperidine rings is 1. The summed E-state index contributed by atoms with van der Waals surface area (Å²) >= 11 is 1.24. The Labute approximate surface area is 92.6 Å². The van der Waals surface area contributed by atoms with Crippen molar-refractivity contribution in [2.24, 2.45) is 0 Å². The molecule has 2 rings (SSSR count). The molecule has 0 bridgehead atoms. The maximum atomic E-state index is 8.90. The van der Waals surface area contributed by atoms with Gasteiger partial charge in [-0.05, 0) is 24.4 Å². The van der Waals surface area contributed by atoms with Gasteiger partial charge in [-0.1, -0.05) is 6.42 Å². The summed E-state index contributed by atoms with van der Waals surface area (Å²) in [5.41, 5.74) is 9.25. The molecule has 1 fully saturated rings. The number of hydrogen-bond donors (Lipinski definition) is 2. The highest BCUT2D eigenvalue weighted by Gasteiger charge is 2.15. The Balaban J connectivity index is 2.06. The summed E-state index contributed by atoms with van der Waals surface area (Å²) in [4.78, 5) is 0.